The van der Waals surface area contributed by atoms with Crippen LogP contribution in [0.25, 0.3) is 0 Å². The zero-order chi connectivity index (χ0) is 21.1. The second-order valence-electron chi connectivity index (χ2n) is 7.07. The number of aryl methyl sites for hydroxylation is 2. The highest BCUT2D eigenvalue weighted by molar-refractivity contribution is 5.96. The first-order valence-corrected chi connectivity index (χ1v) is 9.15. The Morgan fingerprint density at radius 3 is 2.59 bits per heavy atom. The molecule has 8 nitrogen and oxygen atoms in total. The van der Waals surface area contributed by atoms with Gasteiger partial charge >= 0.3 is 5.97 Å². The van der Waals surface area contributed by atoms with Gasteiger partial charge in [-0.05, 0) is 31.5 Å². The zero-order valence-corrected chi connectivity index (χ0v) is 16.5. The van der Waals surface area contributed by atoms with Crippen LogP contribution >= 0.6 is 0 Å². The van der Waals surface area contributed by atoms with Gasteiger partial charge in [0.2, 0.25) is 0 Å². The number of non-ortho nitro benzene ring substituents is 1. The van der Waals surface area contributed by atoms with Crippen LogP contribution in [0.3, 0.4) is 0 Å². The molecular formula is C21H22N2O6. The van der Waals surface area contributed by atoms with Crippen LogP contribution in [0.4, 0.5) is 5.69 Å². The van der Waals surface area contributed by atoms with Gasteiger partial charge in [-0.3, -0.25) is 19.7 Å². The molecule has 1 fully saturated rings. The van der Waals surface area contributed by atoms with Gasteiger partial charge in [-0.1, -0.05) is 23.8 Å². The lowest BCUT2D eigenvalue weighted by Crippen LogP contribution is -2.32. The van der Waals surface area contributed by atoms with Crippen LogP contribution in [0.15, 0.2) is 42.5 Å². The number of carbonyl (C=O) groups is 2. The predicted molar refractivity (Wildman–Crippen MR) is 105 cm³/mol. The third-order valence-electron chi connectivity index (χ3n) is 5.00. The molecule has 29 heavy (non-hydrogen) atoms. The van der Waals surface area contributed by atoms with E-state index in [-0.39, 0.29) is 30.4 Å². The van der Waals surface area contributed by atoms with Gasteiger partial charge in [-0.2, -0.15) is 0 Å². The van der Waals surface area contributed by atoms with Gasteiger partial charge in [-0.25, -0.2) is 0 Å². The van der Waals surface area contributed by atoms with Gasteiger partial charge < -0.3 is 14.4 Å². The third kappa shape index (κ3) is 4.37. The number of hydrogen-bond acceptors (Lipinski definition) is 6. The van der Waals surface area contributed by atoms with Crippen LogP contribution in [-0.4, -0.2) is 48.0 Å². The highest BCUT2D eigenvalue weighted by atomic mass is 16.6. The number of nitro benzene ring substituents is 1. The van der Waals surface area contributed by atoms with Crippen LogP contribution in [0.2, 0.25) is 0 Å². The fourth-order valence-electron chi connectivity index (χ4n) is 3.42. The largest absolute Gasteiger partial charge is 0.487 e. The predicted octanol–water partition coefficient (Wildman–Crippen LogP) is 2.90. The molecule has 1 aliphatic heterocycles. The summed E-state index contributed by atoms with van der Waals surface area (Å²) >= 11 is 0. The number of carbonyl (C=O) groups excluding carboxylic acids is 2. The second kappa shape index (κ2) is 8.30. The van der Waals surface area contributed by atoms with E-state index in [1.807, 2.05) is 32.0 Å². The summed E-state index contributed by atoms with van der Waals surface area (Å²) in [7, 11) is 1.28. The number of likely N-dealkylation sites (tertiary alicyclic amines) is 1. The number of methoxy groups -OCH3 is 1. The van der Waals surface area contributed by atoms with Crippen LogP contribution < -0.4 is 4.74 Å². The molecule has 0 saturated carbocycles. The standard InChI is InChI=1S/C21H22N2O6/c1-13-7-8-14(2)17(9-13)20(24)22-11-18(21(25)28-3)19(12-22)29-16-6-4-5-15(10-16)23(26)27/h4-10,18-19H,11-12H2,1-3H3. The topological polar surface area (TPSA) is 99.0 Å². The van der Waals surface area contributed by atoms with E-state index in [1.165, 1.54) is 25.3 Å². The Hall–Kier alpha value is -3.42. The van der Waals surface area contributed by atoms with Crippen molar-refractivity contribution >= 4 is 17.6 Å². The van der Waals surface area contributed by atoms with Crippen LogP contribution in [0, 0.1) is 29.9 Å². The molecule has 8 heteroatoms. The molecule has 1 aliphatic rings. The molecule has 152 valence electrons. The lowest BCUT2D eigenvalue weighted by Gasteiger charge is -2.19. The molecule has 0 spiro atoms. The molecule has 3 rings (SSSR count). The molecule has 2 aromatic carbocycles. The lowest BCUT2D eigenvalue weighted by atomic mass is 10.0. The number of nitrogens with zero attached hydrogens (tertiary/aromatic N) is 2. The van der Waals surface area contributed by atoms with Gasteiger partial charge in [0.25, 0.3) is 11.6 Å². The Balaban J connectivity index is 1.84. The van der Waals surface area contributed by atoms with Crippen molar-refractivity contribution in [3.05, 3.63) is 69.3 Å². The average Bonchev–Trinajstić information content (AvgIpc) is 3.12. The van der Waals surface area contributed by atoms with Crippen LogP contribution in [-0.2, 0) is 9.53 Å². The summed E-state index contributed by atoms with van der Waals surface area (Å²) in [6, 6.07) is 11.4. The van der Waals surface area contributed by atoms with Crippen molar-refractivity contribution in [3.8, 4) is 5.75 Å². The molecule has 2 aromatic rings. The first-order chi connectivity index (χ1) is 13.8. The number of nitro groups is 1. The highest BCUT2D eigenvalue weighted by Gasteiger charge is 2.42. The van der Waals surface area contributed by atoms with Crippen LogP contribution in [0.5, 0.6) is 5.75 Å². The molecule has 0 aliphatic carbocycles. The molecule has 0 bridgehead atoms. The van der Waals surface area contributed by atoms with Crippen molar-refractivity contribution in [2.45, 2.75) is 20.0 Å². The Morgan fingerprint density at radius 1 is 1.14 bits per heavy atom. The number of hydrogen-bond donors (Lipinski definition) is 0. The van der Waals surface area contributed by atoms with E-state index in [0.29, 0.717) is 5.56 Å². The van der Waals surface area contributed by atoms with Crippen molar-refractivity contribution in [3.63, 3.8) is 0 Å². The van der Waals surface area contributed by atoms with E-state index < -0.39 is 22.9 Å². The number of esters is 1. The van der Waals surface area contributed by atoms with Crippen molar-refractivity contribution in [1.29, 1.82) is 0 Å². The summed E-state index contributed by atoms with van der Waals surface area (Å²) in [5, 5.41) is 11.0. The van der Waals surface area contributed by atoms with Crippen molar-refractivity contribution in [1.82, 2.24) is 4.90 Å². The summed E-state index contributed by atoms with van der Waals surface area (Å²) in [6.07, 6.45) is -0.668. The minimum Gasteiger partial charge on any atom is -0.487 e. The lowest BCUT2D eigenvalue weighted by molar-refractivity contribution is -0.384. The first kappa shape index (κ1) is 20.3. The second-order valence-corrected chi connectivity index (χ2v) is 7.07. The molecule has 0 N–H and O–H groups in total. The first-order valence-electron chi connectivity index (χ1n) is 9.15. The number of amides is 1. The molecule has 1 amide bonds. The van der Waals surface area contributed by atoms with E-state index in [0.717, 1.165) is 11.1 Å². The molecular weight excluding hydrogens is 376 g/mol. The third-order valence-corrected chi connectivity index (χ3v) is 5.00. The van der Waals surface area contributed by atoms with E-state index in [1.54, 1.807) is 11.0 Å². The maximum atomic E-state index is 13.0. The fourth-order valence-corrected chi connectivity index (χ4v) is 3.42. The smallest absolute Gasteiger partial charge is 0.314 e. The van der Waals surface area contributed by atoms with Gasteiger partial charge in [0, 0.05) is 18.2 Å². The Labute approximate surface area is 168 Å². The van der Waals surface area contributed by atoms with E-state index in [2.05, 4.69) is 0 Å². The SMILES string of the molecule is COC(=O)C1CN(C(=O)c2cc(C)ccc2C)CC1Oc1cccc([N+](=O)[O-])c1. The number of ether oxygens (including phenoxy) is 2. The van der Waals surface area contributed by atoms with Gasteiger partial charge in [0.15, 0.2) is 0 Å². The van der Waals surface area contributed by atoms with Crippen molar-refractivity contribution in [2.24, 2.45) is 5.92 Å². The molecule has 0 radical (unpaired) electrons. The maximum Gasteiger partial charge on any atom is 0.314 e. The highest BCUT2D eigenvalue weighted by Crippen LogP contribution is 2.28. The summed E-state index contributed by atoms with van der Waals surface area (Å²) in [6.45, 7) is 4.09. The van der Waals surface area contributed by atoms with Gasteiger partial charge in [0.05, 0.1) is 24.6 Å². The monoisotopic (exact) mass is 398 g/mol. The van der Waals surface area contributed by atoms with Gasteiger partial charge in [-0.15, -0.1) is 0 Å². The average molecular weight is 398 g/mol. The van der Waals surface area contributed by atoms with E-state index in [4.69, 9.17) is 9.47 Å². The van der Waals surface area contributed by atoms with Gasteiger partial charge in [0.1, 0.15) is 17.8 Å². The summed E-state index contributed by atoms with van der Waals surface area (Å²) in [4.78, 5) is 37.3. The zero-order valence-electron chi connectivity index (χ0n) is 16.5. The molecule has 2 unspecified atom stereocenters. The number of rotatable bonds is 5. The summed E-state index contributed by atoms with van der Waals surface area (Å²) in [5.41, 5.74) is 2.27. The molecule has 1 heterocycles. The molecule has 0 aromatic heterocycles. The maximum absolute atomic E-state index is 13.0. The normalized spacial score (nSPS) is 18.4. The minimum atomic E-state index is -0.687. The van der Waals surface area contributed by atoms with Crippen molar-refractivity contribution < 1.29 is 24.0 Å². The quantitative estimate of drug-likeness (QED) is 0.436. The Bertz CT molecular complexity index is 958. The van der Waals surface area contributed by atoms with Crippen molar-refractivity contribution in [2.75, 3.05) is 20.2 Å². The van der Waals surface area contributed by atoms with E-state index in [9.17, 15) is 19.7 Å². The van der Waals surface area contributed by atoms with Crippen LogP contribution in [0.1, 0.15) is 21.5 Å². The molecule has 1 saturated heterocycles. The Kier molecular flexibility index (Phi) is 5.81. The van der Waals surface area contributed by atoms with E-state index >= 15 is 0 Å². The summed E-state index contributed by atoms with van der Waals surface area (Å²) in [5.74, 6) is -1.10. The summed E-state index contributed by atoms with van der Waals surface area (Å²) < 4.78 is 10.7. The fraction of sp³-hybridized carbons (Fsp3) is 0.333. The molecule has 2 atom stereocenters. The Morgan fingerprint density at radius 2 is 1.90 bits per heavy atom. The number of benzene rings is 2. The minimum absolute atomic E-state index is 0.113.